The first-order chi connectivity index (χ1) is 13.3. The Bertz CT molecular complexity index is 971. The van der Waals surface area contributed by atoms with E-state index in [0.717, 1.165) is 46.7 Å². The second kappa shape index (κ2) is 9.25. The molecule has 0 saturated carbocycles. The van der Waals surface area contributed by atoms with Crippen LogP contribution >= 0.6 is 0 Å². The molecule has 1 aliphatic heterocycles. The number of hydrogen-bond acceptors (Lipinski definition) is 5. The lowest BCUT2D eigenvalue weighted by Gasteiger charge is -2.11. The van der Waals surface area contributed by atoms with E-state index in [9.17, 15) is 0 Å². The van der Waals surface area contributed by atoms with Crippen molar-refractivity contribution in [2.24, 2.45) is 4.99 Å². The Morgan fingerprint density at radius 2 is 2.15 bits per heavy atom. The van der Waals surface area contributed by atoms with Crippen LogP contribution in [0.25, 0.3) is 10.9 Å². The van der Waals surface area contributed by atoms with Gasteiger partial charge in [0.15, 0.2) is 6.40 Å². The quantitative estimate of drug-likeness (QED) is 0.702. The second-order valence-electron chi connectivity index (χ2n) is 5.70. The molecule has 0 fully saturated rings. The van der Waals surface area contributed by atoms with E-state index in [1.807, 2.05) is 55.5 Å². The smallest absolute Gasteiger partial charge is 0.169 e. The largest absolute Gasteiger partial charge is 0.494 e. The summed E-state index contributed by atoms with van der Waals surface area (Å²) < 4.78 is 10.2. The van der Waals surface area contributed by atoms with E-state index in [2.05, 4.69) is 26.0 Å². The molecule has 136 valence electrons. The number of hydrogen-bond donors (Lipinski definition) is 1. The normalized spacial score (nSPS) is 11.9. The monoisotopic (exact) mass is 359 g/mol. The fraction of sp³-hybridized carbons (Fsp3) is 0.182. The lowest BCUT2D eigenvalue weighted by Crippen LogP contribution is -1.95. The van der Waals surface area contributed by atoms with Crippen molar-refractivity contribution in [1.82, 2.24) is 4.98 Å². The van der Waals surface area contributed by atoms with Gasteiger partial charge in [0.1, 0.15) is 12.4 Å². The van der Waals surface area contributed by atoms with Crippen molar-refractivity contribution < 1.29 is 9.47 Å². The van der Waals surface area contributed by atoms with Gasteiger partial charge in [-0.05, 0) is 43.3 Å². The van der Waals surface area contributed by atoms with Gasteiger partial charge in [-0.15, -0.1) is 6.42 Å². The van der Waals surface area contributed by atoms with Crippen molar-refractivity contribution in [3.63, 3.8) is 0 Å². The minimum absolute atomic E-state index is 0.641. The highest BCUT2D eigenvalue weighted by molar-refractivity contribution is 5.93. The third kappa shape index (κ3) is 4.99. The molecule has 4 rings (SSSR count). The fourth-order valence-electron chi connectivity index (χ4n) is 2.60. The van der Waals surface area contributed by atoms with Gasteiger partial charge in [-0.3, -0.25) is 9.98 Å². The summed E-state index contributed by atoms with van der Waals surface area (Å²) in [7, 11) is 0. The molecule has 5 heteroatoms. The molecule has 1 aromatic heterocycles. The van der Waals surface area contributed by atoms with Gasteiger partial charge in [0.2, 0.25) is 0 Å². The standard InChI is InChI=1S/C19H16N2O.C3H5NO/c1-3-14-6-5-7-15(12-14)21-18-10-11-20-19-13-16(22-4-2)8-9-17(18)19;1-2-5-3-4-1/h1,5-13H,4H2,2H3,(H,20,21);3H,1-2H2. The fourth-order valence-corrected chi connectivity index (χ4v) is 2.60. The Balaban J connectivity index is 0.000000364. The highest BCUT2D eigenvalue weighted by Gasteiger charge is 2.04. The van der Waals surface area contributed by atoms with E-state index in [4.69, 9.17) is 11.2 Å². The molecule has 0 amide bonds. The van der Waals surface area contributed by atoms with Crippen molar-refractivity contribution >= 4 is 28.7 Å². The van der Waals surface area contributed by atoms with E-state index in [1.54, 1.807) is 6.20 Å². The number of aromatic nitrogens is 1. The molecule has 27 heavy (non-hydrogen) atoms. The van der Waals surface area contributed by atoms with Crippen LogP contribution in [0.5, 0.6) is 5.75 Å². The topological polar surface area (TPSA) is 55.7 Å². The number of nitrogens with one attached hydrogen (secondary N) is 1. The summed E-state index contributed by atoms with van der Waals surface area (Å²) in [6.07, 6.45) is 8.72. The molecule has 5 nitrogen and oxygen atoms in total. The maximum Gasteiger partial charge on any atom is 0.169 e. The van der Waals surface area contributed by atoms with Gasteiger partial charge < -0.3 is 14.8 Å². The Hall–Kier alpha value is -3.52. The number of nitrogens with zero attached hydrogens (tertiary/aromatic N) is 2. The van der Waals surface area contributed by atoms with Crippen LogP contribution in [-0.4, -0.2) is 31.1 Å². The molecule has 1 N–H and O–H groups in total. The minimum atomic E-state index is 0.641. The van der Waals surface area contributed by atoms with Gasteiger partial charge in [-0.2, -0.15) is 0 Å². The van der Waals surface area contributed by atoms with E-state index in [-0.39, 0.29) is 0 Å². The summed E-state index contributed by atoms with van der Waals surface area (Å²) in [5.41, 5.74) is 3.69. The zero-order valence-corrected chi connectivity index (χ0v) is 15.2. The van der Waals surface area contributed by atoms with Gasteiger partial charge in [0.05, 0.1) is 18.7 Å². The number of anilines is 2. The number of rotatable bonds is 4. The predicted molar refractivity (Wildman–Crippen MR) is 110 cm³/mol. The average Bonchev–Trinajstić information content (AvgIpc) is 3.29. The van der Waals surface area contributed by atoms with Gasteiger partial charge in [-0.25, -0.2) is 0 Å². The molecule has 0 atom stereocenters. The maximum absolute atomic E-state index is 5.52. The second-order valence-corrected chi connectivity index (χ2v) is 5.70. The summed E-state index contributed by atoms with van der Waals surface area (Å²) in [5, 5.41) is 4.44. The number of pyridine rings is 1. The van der Waals surface area contributed by atoms with E-state index < -0.39 is 0 Å². The number of aliphatic imine (C=N–C) groups is 1. The van der Waals surface area contributed by atoms with Crippen molar-refractivity contribution in [3.8, 4) is 18.1 Å². The highest BCUT2D eigenvalue weighted by Crippen LogP contribution is 2.28. The summed E-state index contributed by atoms with van der Waals surface area (Å²) in [4.78, 5) is 8.14. The summed E-state index contributed by atoms with van der Waals surface area (Å²) in [6.45, 7) is 4.23. The molecule has 1 aliphatic rings. The number of benzene rings is 2. The highest BCUT2D eigenvalue weighted by atomic mass is 16.5. The van der Waals surface area contributed by atoms with Crippen LogP contribution < -0.4 is 10.1 Å². The summed E-state index contributed by atoms with van der Waals surface area (Å²) in [5.74, 6) is 3.47. The van der Waals surface area contributed by atoms with Crippen LogP contribution in [0, 0.1) is 12.3 Å². The molecular weight excluding hydrogens is 338 g/mol. The van der Waals surface area contributed by atoms with Crippen LogP contribution in [0.2, 0.25) is 0 Å². The third-order valence-electron chi connectivity index (χ3n) is 3.82. The van der Waals surface area contributed by atoms with E-state index in [1.165, 1.54) is 6.40 Å². The van der Waals surface area contributed by atoms with Crippen molar-refractivity contribution in [2.75, 3.05) is 25.1 Å². The van der Waals surface area contributed by atoms with Crippen LogP contribution in [-0.2, 0) is 4.74 Å². The molecule has 0 bridgehead atoms. The Morgan fingerprint density at radius 3 is 2.85 bits per heavy atom. The zero-order chi connectivity index (χ0) is 18.9. The van der Waals surface area contributed by atoms with Crippen LogP contribution in [0.1, 0.15) is 12.5 Å². The van der Waals surface area contributed by atoms with E-state index >= 15 is 0 Å². The van der Waals surface area contributed by atoms with Crippen LogP contribution in [0.15, 0.2) is 59.7 Å². The maximum atomic E-state index is 5.52. The summed E-state index contributed by atoms with van der Waals surface area (Å²) in [6, 6.07) is 15.6. The molecule has 0 spiro atoms. The number of fused-ring (bicyclic) bond motifs is 1. The van der Waals surface area contributed by atoms with Crippen LogP contribution in [0.3, 0.4) is 0 Å². The number of ether oxygens (including phenoxy) is 2. The first-order valence-electron chi connectivity index (χ1n) is 8.75. The molecule has 2 aromatic carbocycles. The average molecular weight is 359 g/mol. The Morgan fingerprint density at radius 1 is 1.22 bits per heavy atom. The first kappa shape index (κ1) is 18.3. The molecule has 0 radical (unpaired) electrons. The molecule has 3 aromatic rings. The van der Waals surface area contributed by atoms with E-state index in [0.29, 0.717) is 6.61 Å². The Kier molecular flexibility index (Phi) is 6.26. The van der Waals surface area contributed by atoms with Gasteiger partial charge >= 0.3 is 0 Å². The van der Waals surface area contributed by atoms with Gasteiger partial charge in [0, 0.05) is 34.6 Å². The van der Waals surface area contributed by atoms with Crippen LogP contribution in [0.4, 0.5) is 11.4 Å². The molecule has 2 heterocycles. The number of terminal acetylenes is 1. The molecular formula is C22H21N3O2. The van der Waals surface area contributed by atoms with Crippen molar-refractivity contribution in [1.29, 1.82) is 0 Å². The Labute approximate surface area is 159 Å². The SMILES string of the molecule is C#Cc1cccc(Nc2ccnc3cc(OCC)ccc23)c1.C1=NCCO1. The third-order valence-corrected chi connectivity index (χ3v) is 3.82. The summed E-state index contributed by atoms with van der Waals surface area (Å²) >= 11 is 0. The molecule has 0 aliphatic carbocycles. The van der Waals surface area contributed by atoms with Crippen molar-refractivity contribution in [3.05, 3.63) is 60.3 Å². The van der Waals surface area contributed by atoms with Crippen molar-refractivity contribution in [2.45, 2.75) is 6.92 Å². The predicted octanol–water partition coefficient (Wildman–Crippen LogP) is 4.40. The lowest BCUT2D eigenvalue weighted by molar-refractivity contribution is 0.340. The molecule has 0 saturated heterocycles. The zero-order valence-electron chi connectivity index (χ0n) is 15.2. The minimum Gasteiger partial charge on any atom is -0.494 e. The van der Waals surface area contributed by atoms with Gasteiger partial charge in [0.25, 0.3) is 0 Å². The molecule has 0 unspecified atom stereocenters. The lowest BCUT2D eigenvalue weighted by atomic mass is 10.1. The first-order valence-corrected chi connectivity index (χ1v) is 8.75. The van der Waals surface area contributed by atoms with Gasteiger partial charge in [-0.1, -0.05) is 12.0 Å².